The maximum absolute atomic E-state index is 13.5. The van der Waals surface area contributed by atoms with Crippen LogP contribution in [0.4, 0.5) is 18.9 Å². The Kier molecular flexibility index (Phi) is 5.94. The first kappa shape index (κ1) is 20.5. The van der Waals surface area contributed by atoms with E-state index in [0.29, 0.717) is 12.5 Å². The first-order valence-electron chi connectivity index (χ1n) is 8.03. The molecule has 0 spiro atoms. The van der Waals surface area contributed by atoms with Crippen molar-refractivity contribution < 1.29 is 23.0 Å². The predicted molar refractivity (Wildman–Crippen MR) is 94.6 cm³/mol. The van der Waals surface area contributed by atoms with E-state index in [9.17, 15) is 18.3 Å². The molecule has 0 bridgehead atoms. The van der Waals surface area contributed by atoms with Crippen molar-refractivity contribution in [1.29, 1.82) is 0 Å². The van der Waals surface area contributed by atoms with Crippen molar-refractivity contribution in [3.8, 4) is 6.01 Å². The number of ether oxygens (including phenoxy) is 1. The number of aliphatic hydroxyl groups is 1. The molecule has 2 rings (SSSR count). The number of anilines is 1. The molecule has 2 aromatic rings. The van der Waals surface area contributed by atoms with E-state index < -0.39 is 22.9 Å². The van der Waals surface area contributed by atoms with Gasteiger partial charge in [0.25, 0.3) is 5.92 Å². The van der Waals surface area contributed by atoms with Gasteiger partial charge in [-0.3, -0.25) is 0 Å². The number of benzene rings is 1. The van der Waals surface area contributed by atoms with Crippen LogP contribution < -0.4 is 15.8 Å². The molecule has 0 fully saturated rings. The minimum absolute atomic E-state index is 0.0626. The first-order chi connectivity index (χ1) is 12.5. The average Bonchev–Trinajstić information content (AvgIpc) is 2.57. The highest BCUT2D eigenvalue weighted by molar-refractivity contribution is 5.49. The Hall–Kier alpha value is -2.81. The zero-order chi connectivity index (χ0) is 20.2. The van der Waals surface area contributed by atoms with Crippen molar-refractivity contribution in [3.63, 3.8) is 0 Å². The van der Waals surface area contributed by atoms with Gasteiger partial charge in [-0.25, -0.2) is 23.1 Å². The number of aromatic nitrogens is 2. The quantitative estimate of drug-likeness (QED) is 0.681. The molecular formula is C18H21F3N4O2. The number of hydrogen-bond acceptors (Lipinski definition) is 6. The molecule has 4 N–H and O–H groups in total. The third kappa shape index (κ3) is 5.85. The molecule has 6 nitrogen and oxygen atoms in total. The number of rotatable bonds is 7. The summed E-state index contributed by atoms with van der Waals surface area (Å²) in [6, 6.07) is 3.34. The van der Waals surface area contributed by atoms with Crippen molar-refractivity contribution in [3.05, 3.63) is 59.4 Å². The molecule has 0 aliphatic carbocycles. The van der Waals surface area contributed by atoms with Gasteiger partial charge in [0.1, 0.15) is 12.4 Å². The van der Waals surface area contributed by atoms with Crippen molar-refractivity contribution in [2.45, 2.75) is 32.3 Å². The van der Waals surface area contributed by atoms with Crippen LogP contribution >= 0.6 is 0 Å². The molecule has 1 aromatic carbocycles. The summed E-state index contributed by atoms with van der Waals surface area (Å²) in [6.45, 7) is 3.77. The Morgan fingerprint density at radius 1 is 1.26 bits per heavy atom. The largest absolute Gasteiger partial charge is 0.457 e. The summed E-state index contributed by atoms with van der Waals surface area (Å²) in [5.74, 6) is -4.28. The Morgan fingerprint density at radius 3 is 2.44 bits per heavy atom. The Labute approximate surface area is 154 Å². The molecule has 0 unspecified atom stereocenters. The second-order valence-corrected chi connectivity index (χ2v) is 6.55. The second kappa shape index (κ2) is 7.83. The number of nitrogens with two attached hydrogens (primary N) is 1. The summed E-state index contributed by atoms with van der Waals surface area (Å²) in [6.07, 6.45) is 4.22. The topological polar surface area (TPSA) is 93.3 Å². The summed E-state index contributed by atoms with van der Waals surface area (Å²) in [5.41, 5.74) is 5.02. The second-order valence-electron chi connectivity index (χ2n) is 6.55. The van der Waals surface area contributed by atoms with Gasteiger partial charge in [0.05, 0.1) is 16.9 Å². The standard InChI is InChI=1S/C18H21F3N4O2/c1-17(2,26)11-7-24-16(25-8-11)27-10-12(22)9-23-13-4-5-15(19)14(6-13)18(3,20)21/h4-9,23,26H,10,22H2,1-3H3/b12-9-. The Bertz CT molecular complexity index is 813. The maximum Gasteiger partial charge on any atom is 0.316 e. The van der Waals surface area contributed by atoms with Gasteiger partial charge in [-0.1, -0.05) is 0 Å². The molecule has 0 saturated carbocycles. The van der Waals surface area contributed by atoms with Gasteiger partial charge >= 0.3 is 6.01 Å². The third-order valence-corrected chi connectivity index (χ3v) is 3.57. The Balaban J connectivity index is 1.97. The molecular weight excluding hydrogens is 361 g/mol. The molecule has 1 heterocycles. The van der Waals surface area contributed by atoms with E-state index in [1.54, 1.807) is 13.8 Å². The van der Waals surface area contributed by atoms with Gasteiger partial charge in [-0.2, -0.15) is 0 Å². The maximum atomic E-state index is 13.5. The fourth-order valence-corrected chi connectivity index (χ4v) is 2.02. The molecule has 0 aliphatic rings. The zero-order valence-corrected chi connectivity index (χ0v) is 15.1. The molecule has 0 aliphatic heterocycles. The van der Waals surface area contributed by atoms with E-state index >= 15 is 0 Å². The van der Waals surface area contributed by atoms with E-state index in [-0.39, 0.29) is 24.0 Å². The van der Waals surface area contributed by atoms with Crippen molar-refractivity contribution in [2.75, 3.05) is 11.9 Å². The minimum Gasteiger partial charge on any atom is -0.457 e. The Morgan fingerprint density at radius 2 is 1.89 bits per heavy atom. The van der Waals surface area contributed by atoms with Gasteiger partial charge in [-0.05, 0) is 32.0 Å². The average molecular weight is 382 g/mol. The van der Waals surface area contributed by atoms with Crippen molar-refractivity contribution in [2.24, 2.45) is 5.73 Å². The smallest absolute Gasteiger partial charge is 0.316 e. The lowest BCUT2D eigenvalue weighted by Gasteiger charge is -2.16. The van der Waals surface area contributed by atoms with Crippen LogP contribution in [0.15, 0.2) is 42.5 Å². The van der Waals surface area contributed by atoms with Crippen LogP contribution in [0, 0.1) is 5.82 Å². The summed E-state index contributed by atoms with van der Waals surface area (Å²) in [5, 5.41) is 12.5. The highest BCUT2D eigenvalue weighted by Gasteiger charge is 2.28. The van der Waals surface area contributed by atoms with E-state index in [1.165, 1.54) is 24.7 Å². The lowest BCUT2D eigenvalue weighted by molar-refractivity contribution is 0.0138. The van der Waals surface area contributed by atoms with Crippen molar-refractivity contribution in [1.82, 2.24) is 9.97 Å². The molecule has 0 amide bonds. The van der Waals surface area contributed by atoms with Crippen LogP contribution in [0.25, 0.3) is 0 Å². The van der Waals surface area contributed by atoms with Gasteiger partial charge < -0.3 is 20.9 Å². The van der Waals surface area contributed by atoms with Crippen LogP contribution in [0.2, 0.25) is 0 Å². The van der Waals surface area contributed by atoms with E-state index in [2.05, 4.69) is 15.3 Å². The predicted octanol–water partition coefficient (Wildman–Crippen LogP) is 3.25. The summed E-state index contributed by atoms with van der Waals surface area (Å²) < 4.78 is 45.5. The third-order valence-electron chi connectivity index (χ3n) is 3.57. The van der Waals surface area contributed by atoms with Crippen LogP contribution in [-0.4, -0.2) is 21.7 Å². The highest BCUT2D eigenvalue weighted by Crippen LogP contribution is 2.31. The highest BCUT2D eigenvalue weighted by atomic mass is 19.3. The van der Waals surface area contributed by atoms with Gasteiger partial charge in [0.15, 0.2) is 0 Å². The van der Waals surface area contributed by atoms with Crippen molar-refractivity contribution >= 4 is 5.69 Å². The fourth-order valence-electron chi connectivity index (χ4n) is 2.02. The number of halogens is 3. The van der Waals surface area contributed by atoms with Crippen LogP contribution in [0.5, 0.6) is 6.01 Å². The summed E-state index contributed by atoms with van der Waals surface area (Å²) >= 11 is 0. The lowest BCUT2D eigenvalue weighted by Crippen LogP contribution is -2.17. The normalized spacial score (nSPS) is 12.8. The fraction of sp³-hybridized carbons (Fsp3) is 0.333. The van der Waals surface area contributed by atoms with Crippen LogP contribution in [0.3, 0.4) is 0 Å². The monoisotopic (exact) mass is 382 g/mol. The molecule has 27 heavy (non-hydrogen) atoms. The molecule has 0 atom stereocenters. The SMILES string of the molecule is CC(C)(O)c1cnc(OC/C(N)=C/Nc2ccc(F)c(C(C)(F)F)c2)nc1. The van der Waals surface area contributed by atoms with E-state index in [4.69, 9.17) is 10.5 Å². The van der Waals surface area contributed by atoms with Gasteiger partial charge in [0.2, 0.25) is 0 Å². The molecule has 9 heteroatoms. The summed E-state index contributed by atoms with van der Waals surface area (Å²) in [4.78, 5) is 7.92. The minimum atomic E-state index is -3.30. The lowest BCUT2D eigenvalue weighted by atomic mass is 10.0. The van der Waals surface area contributed by atoms with E-state index in [0.717, 1.165) is 12.1 Å². The first-order valence-corrected chi connectivity index (χ1v) is 8.03. The number of nitrogens with one attached hydrogen (secondary N) is 1. The van der Waals surface area contributed by atoms with Crippen LogP contribution in [-0.2, 0) is 11.5 Å². The van der Waals surface area contributed by atoms with Crippen LogP contribution in [0.1, 0.15) is 31.9 Å². The van der Waals surface area contributed by atoms with E-state index in [1.807, 2.05) is 0 Å². The number of alkyl halides is 2. The molecule has 1 aromatic heterocycles. The summed E-state index contributed by atoms with van der Waals surface area (Å²) in [7, 11) is 0. The number of hydrogen-bond donors (Lipinski definition) is 3. The zero-order valence-electron chi connectivity index (χ0n) is 15.1. The molecule has 0 radical (unpaired) electrons. The van der Waals surface area contributed by atoms with Gasteiger partial charge in [-0.15, -0.1) is 0 Å². The van der Waals surface area contributed by atoms with Gasteiger partial charge in [0, 0.05) is 36.8 Å². The number of nitrogens with zero attached hydrogens (tertiary/aromatic N) is 2. The molecule has 0 saturated heterocycles. The molecule has 146 valence electrons.